The number of hydrogen-bond donors (Lipinski definition) is 1. The average Bonchev–Trinajstić information content (AvgIpc) is 3.43. The molecule has 8 heteroatoms. The fourth-order valence-corrected chi connectivity index (χ4v) is 4.92. The number of benzene rings is 1. The molecule has 1 N–H and O–H groups in total. The van der Waals surface area contributed by atoms with E-state index in [0.29, 0.717) is 17.0 Å². The number of thiophene rings is 1. The zero-order valence-corrected chi connectivity index (χ0v) is 17.6. The van der Waals surface area contributed by atoms with Crippen molar-refractivity contribution in [2.24, 2.45) is 0 Å². The number of nitrogens with one attached hydrogen (secondary N) is 1. The molecule has 0 radical (unpaired) electrons. The Labute approximate surface area is 175 Å². The van der Waals surface area contributed by atoms with Gasteiger partial charge in [-0.15, -0.1) is 11.3 Å². The number of hydrogen-bond acceptors (Lipinski definition) is 4. The molecule has 0 unspecified atom stereocenters. The molecular formula is C20H20BrN3O3S. The van der Waals surface area contributed by atoms with Gasteiger partial charge in [0.15, 0.2) is 0 Å². The number of amides is 3. The summed E-state index contributed by atoms with van der Waals surface area (Å²) >= 11 is 4.71. The van der Waals surface area contributed by atoms with Crippen LogP contribution in [-0.4, -0.2) is 48.3 Å². The number of anilines is 1. The second-order valence-corrected chi connectivity index (χ2v) is 9.49. The van der Waals surface area contributed by atoms with Crippen LogP contribution in [-0.2, 0) is 4.79 Å². The number of halogens is 1. The van der Waals surface area contributed by atoms with E-state index in [4.69, 9.17) is 0 Å². The molecule has 4 rings (SSSR count). The van der Waals surface area contributed by atoms with Gasteiger partial charge in [0.05, 0.1) is 14.7 Å². The van der Waals surface area contributed by atoms with E-state index < -0.39 is 0 Å². The van der Waals surface area contributed by atoms with E-state index in [2.05, 4.69) is 21.2 Å². The van der Waals surface area contributed by atoms with Crippen molar-refractivity contribution in [3.63, 3.8) is 0 Å². The fraction of sp³-hybridized carbons (Fsp3) is 0.350. The molecule has 3 amide bonds. The van der Waals surface area contributed by atoms with Crippen LogP contribution in [0.3, 0.4) is 0 Å². The van der Waals surface area contributed by atoms with Gasteiger partial charge in [-0.25, -0.2) is 0 Å². The highest BCUT2D eigenvalue weighted by molar-refractivity contribution is 9.11. The minimum atomic E-state index is -0.230. The van der Waals surface area contributed by atoms with Gasteiger partial charge in [-0.2, -0.15) is 0 Å². The summed E-state index contributed by atoms with van der Waals surface area (Å²) in [7, 11) is 0. The molecule has 6 nitrogen and oxygen atoms in total. The molecule has 146 valence electrons. The van der Waals surface area contributed by atoms with E-state index in [-0.39, 0.29) is 30.2 Å². The molecule has 2 aliphatic rings. The Morgan fingerprint density at radius 2 is 1.79 bits per heavy atom. The summed E-state index contributed by atoms with van der Waals surface area (Å²) in [6.07, 6.45) is 2.38. The van der Waals surface area contributed by atoms with Gasteiger partial charge in [-0.05, 0) is 65.2 Å². The van der Waals surface area contributed by atoms with Gasteiger partial charge in [0.1, 0.15) is 0 Å². The van der Waals surface area contributed by atoms with Gasteiger partial charge < -0.3 is 15.1 Å². The second-order valence-electron chi connectivity index (χ2n) is 7.03. The first kappa shape index (κ1) is 19.1. The smallest absolute Gasteiger partial charge is 0.261 e. The molecule has 3 heterocycles. The van der Waals surface area contributed by atoms with Crippen LogP contribution in [0.5, 0.6) is 0 Å². The number of carbonyl (C=O) groups is 3. The predicted octanol–water partition coefficient (Wildman–Crippen LogP) is 3.28. The van der Waals surface area contributed by atoms with Crippen LogP contribution in [0.1, 0.15) is 39.3 Å². The van der Waals surface area contributed by atoms with Gasteiger partial charge in [0.25, 0.3) is 11.8 Å². The molecule has 2 aliphatic heterocycles. The SMILES string of the molecule is O=C(N[C@@H]1CC(=O)N(c2ccc(C(=O)N3CCCC3)cc2)C1)c1ccc(Br)s1. The summed E-state index contributed by atoms with van der Waals surface area (Å²) in [5.74, 6) is -0.151. The Balaban J connectivity index is 1.39. The van der Waals surface area contributed by atoms with E-state index in [1.54, 1.807) is 23.1 Å². The monoisotopic (exact) mass is 461 g/mol. The van der Waals surface area contributed by atoms with Crippen LogP contribution >= 0.6 is 27.3 Å². The summed E-state index contributed by atoms with van der Waals surface area (Å²) in [6, 6.07) is 10.5. The highest BCUT2D eigenvalue weighted by Gasteiger charge is 2.32. The first-order chi connectivity index (χ1) is 13.5. The van der Waals surface area contributed by atoms with E-state index >= 15 is 0 Å². The summed E-state index contributed by atoms with van der Waals surface area (Å²) in [4.78, 5) is 41.3. The summed E-state index contributed by atoms with van der Waals surface area (Å²) in [5.41, 5.74) is 1.39. The van der Waals surface area contributed by atoms with E-state index in [1.807, 2.05) is 23.1 Å². The second kappa shape index (κ2) is 8.05. The third kappa shape index (κ3) is 3.98. The Bertz CT molecular complexity index is 906. The molecule has 1 aromatic carbocycles. The summed E-state index contributed by atoms with van der Waals surface area (Å²) < 4.78 is 0.894. The van der Waals surface area contributed by atoms with Crippen LogP contribution in [0.25, 0.3) is 0 Å². The minimum absolute atomic E-state index is 0.0312. The quantitative estimate of drug-likeness (QED) is 0.759. The molecule has 2 aromatic rings. The minimum Gasteiger partial charge on any atom is -0.346 e. The largest absolute Gasteiger partial charge is 0.346 e. The third-order valence-corrected chi connectivity index (χ3v) is 6.70. The fourth-order valence-electron chi connectivity index (χ4n) is 3.63. The molecule has 1 atom stereocenters. The maximum Gasteiger partial charge on any atom is 0.261 e. The highest BCUT2D eigenvalue weighted by Crippen LogP contribution is 2.25. The molecule has 28 heavy (non-hydrogen) atoms. The van der Waals surface area contributed by atoms with E-state index in [9.17, 15) is 14.4 Å². The van der Waals surface area contributed by atoms with Crippen LogP contribution in [0.4, 0.5) is 5.69 Å². The first-order valence-corrected chi connectivity index (χ1v) is 10.9. The Kier molecular flexibility index (Phi) is 5.50. The van der Waals surface area contributed by atoms with Gasteiger partial charge in [-0.3, -0.25) is 14.4 Å². The Morgan fingerprint density at radius 3 is 2.43 bits per heavy atom. The summed E-state index contributed by atoms with van der Waals surface area (Å²) in [5, 5.41) is 2.93. The van der Waals surface area contributed by atoms with Gasteiger partial charge in [-0.1, -0.05) is 0 Å². The van der Waals surface area contributed by atoms with Crippen LogP contribution < -0.4 is 10.2 Å². The lowest BCUT2D eigenvalue weighted by molar-refractivity contribution is -0.117. The lowest BCUT2D eigenvalue weighted by atomic mass is 10.1. The van der Waals surface area contributed by atoms with Crippen molar-refractivity contribution in [1.82, 2.24) is 10.2 Å². The van der Waals surface area contributed by atoms with Gasteiger partial charge in [0.2, 0.25) is 5.91 Å². The molecule has 2 saturated heterocycles. The van der Waals surface area contributed by atoms with Crippen molar-refractivity contribution in [1.29, 1.82) is 0 Å². The lowest BCUT2D eigenvalue weighted by Gasteiger charge is -2.19. The van der Waals surface area contributed by atoms with Crippen molar-refractivity contribution in [2.75, 3.05) is 24.5 Å². The average molecular weight is 462 g/mol. The highest BCUT2D eigenvalue weighted by atomic mass is 79.9. The topological polar surface area (TPSA) is 69.7 Å². The zero-order valence-electron chi connectivity index (χ0n) is 15.2. The normalized spacial score (nSPS) is 19.3. The number of likely N-dealkylation sites (tertiary alicyclic amines) is 1. The van der Waals surface area contributed by atoms with Crippen molar-refractivity contribution in [3.05, 3.63) is 50.6 Å². The van der Waals surface area contributed by atoms with E-state index in [1.165, 1.54) is 11.3 Å². The number of nitrogens with zero attached hydrogens (tertiary/aromatic N) is 2. The maximum absolute atomic E-state index is 12.4. The molecular weight excluding hydrogens is 442 g/mol. The number of carbonyl (C=O) groups excluding carboxylic acids is 3. The van der Waals surface area contributed by atoms with Gasteiger partial charge >= 0.3 is 0 Å². The lowest BCUT2D eigenvalue weighted by Crippen LogP contribution is -2.36. The summed E-state index contributed by atoms with van der Waals surface area (Å²) in [6.45, 7) is 2.05. The maximum atomic E-state index is 12.4. The molecule has 0 bridgehead atoms. The first-order valence-electron chi connectivity index (χ1n) is 9.27. The van der Waals surface area contributed by atoms with Crippen LogP contribution in [0, 0.1) is 0 Å². The third-order valence-electron chi connectivity index (χ3n) is 5.08. The van der Waals surface area contributed by atoms with Crippen LogP contribution in [0.2, 0.25) is 0 Å². The Hall–Kier alpha value is -2.19. The molecule has 1 aromatic heterocycles. The molecule has 0 spiro atoms. The van der Waals surface area contributed by atoms with Crippen molar-refractivity contribution in [3.8, 4) is 0 Å². The van der Waals surface area contributed by atoms with Gasteiger partial charge in [0, 0.05) is 37.3 Å². The standard InChI is InChI=1S/C20H20BrN3O3S/c21-17-8-7-16(28-17)19(26)22-14-11-18(25)24(12-14)15-5-3-13(4-6-15)20(27)23-9-1-2-10-23/h3-8,14H,1-2,9-12H2,(H,22,26)/t14-/m1/s1. The van der Waals surface area contributed by atoms with E-state index in [0.717, 1.165) is 35.4 Å². The Morgan fingerprint density at radius 1 is 1.07 bits per heavy atom. The molecule has 0 saturated carbocycles. The van der Waals surface area contributed by atoms with Crippen molar-refractivity contribution >= 4 is 50.7 Å². The number of rotatable bonds is 4. The zero-order chi connectivity index (χ0) is 19.7. The molecule has 0 aliphatic carbocycles. The van der Waals surface area contributed by atoms with Crippen LogP contribution in [0.15, 0.2) is 40.2 Å². The molecule has 2 fully saturated rings. The van der Waals surface area contributed by atoms with Crippen molar-refractivity contribution in [2.45, 2.75) is 25.3 Å². The predicted molar refractivity (Wildman–Crippen MR) is 112 cm³/mol. The van der Waals surface area contributed by atoms with Crippen molar-refractivity contribution < 1.29 is 14.4 Å².